The molecule has 0 atom stereocenters. The molecule has 1 fully saturated rings. The van der Waals surface area contributed by atoms with Crippen LogP contribution in [-0.2, 0) is 6.42 Å². The third-order valence-corrected chi connectivity index (χ3v) is 5.77. The lowest BCUT2D eigenvalue weighted by atomic mass is 10.2. The molecule has 31 heavy (non-hydrogen) atoms. The normalized spacial score (nSPS) is 13.9. The smallest absolute Gasteiger partial charge is 0.169 e. The van der Waals surface area contributed by atoms with Gasteiger partial charge in [0.2, 0.25) is 0 Å². The van der Waals surface area contributed by atoms with Gasteiger partial charge in [0.25, 0.3) is 0 Å². The molecule has 0 unspecified atom stereocenters. The summed E-state index contributed by atoms with van der Waals surface area (Å²) in [5.74, 6) is 2.23. The zero-order valence-corrected chi connectivity index (χ0v) is 18.6. The van der Waals surface area contributed by atoms with Crippen LogP contribution in [0.5, 0.6) is 11.5 Å². The molecule has 1 saturated heterocycles. The lowest BCUT2D eigenvalue weighted by molar-refractivity contribution is 0.355. The molecule has 1 N–H and O–H groups in total. The van der Waals surface area contributed by atoms with E-state index in [0.29, 0.717) is 11.5 Å². The lowest BCUT2D eigenvalue weighted by Gasteiger charge is -2.37. The van der Waals surface area contributed by atoms with Crippen molar-refractivity contribution in [2.45, 2.75) is 6.42 Å². The summed E-state index contributed by atoms with van der Waals surface area (Å²) in [6.07, 6.45) is 4.26. The number of methoxy groups -OCH3 is 2. The predicted octanol–water partition coefficient (Wildman–Crippen LogP) is 2.28. The van der Waals surface area contributed by atoms with Crippen LogP contribution in [0.15, 0.2) is 42.9 Å². The Balaban J connectivity index is 1.38. The molecule has 3 aromatic rings. The van der Waals surface area contributed by atoms with Gasteiger partial charge in [0.05, 0.1) is 19.7 Å². The number of anilines is 1. The predicted molar refractivity (Wildman–Crippen MR) is 125 cm³/mol. The van der Waals surface area contributed by atoms with Crippen molar-refractivity contribution in [3.05, 3.63) is 48.5 Å². The van der Waals surface area contributed by atoms with Crippen molar-refractivity contribution >= 4 is 34.1 Å². The number of aromatic nitrogens is 3. The second kappa shape index (κ2) is 9.74. The molecular weight excluding hydrogens is 412 g/mol. The minimum Gasteiger partial charge on any atom is -0.493 e. The van der Waals surface area contributed by atoms with Crippen LogP contribution >= 0.6 is 12.2 Å². The molecule has 3 heterocycles. The summed E-state index contributed by atoms with van der Waals surface area (Å²) in [5, 5.41) is 5.09. The Morgan fingerprint density at radius 3 is 2.52 bits per heavy atom. The molecule has 2 aromatic heterocycles. The van der Waals surface area contributed by atoms with Gasteiger partial charge in [-0.05, 0) is 30.4 Å². The van der Waals surface area contributed by atoms with Crippen molar-refractivity contribution in [1.82, 2.24) is 25.2 Å². The highest BCUT2D eigenvalue weighted by atomic mass is 32.1. The fourth-order valence-electron chi connectivity index (χ4n) is 3.70. The number of nitrogens with one attached hydrogen (secondary N) is 1. The summed E-state index contributed by atoms with van der Waals surface area (Å²) >= 11 is 5.60. The van der Waals surface area contributed by atoms with Gasteiger partial charge in [0, 0.05) is 62.5 Å². The van der Waals surface area contributed by atoms with Crippen LogP contribution in [0, 0.1) is 0 Å². The molecule has 1 aliphatic heterocycles. The highest BCUT2D eigenvalue weighted by Crippen LogP contribution is 2.34. The number of pyridine rings is 1. The van der Waals surface area contributed by atoms with E-state index in [2.05, 4.69) is 30.1 Å². The monoisotopic (exact) mass is 438 g/mol. The molecule has 8 nitrogen and oxygen atoms in total. The molecule has 0 bridgehead atoms. The zero-order valence-electron chi connectivity index (χ0n) is 17.7. The van der Waals surface area contributed by atoms with E-state index < -0.39 is 0 Å². The van der Waals surface area contributed by atoms with Gasteiger partial charge in [0.1, 0.15) is 12.1 Å². The number of thiocarbonyl (C=S) groups is 1. The van der Waals surface area contributed by atoms with E-state index in [1.165, 1.54) is 0 Å². The average molecular weight is 439 g/mol. The first-order valence-electron chi connectivity index (χ1n) is 10.2. The van der Waals surface area contributed by atoms with Crippen molar-refractivity contribution in [1.29, 1.82) is 0 Å². The molecular formula is C22H26N6O2S. The van der Waals surface area contributed by atoms with Crippen molar-refractivity contribution in [3.8, 4) is 11.5 Å². The number of benzene rings is 1. The van der Waals surface area contributed by atoms with E-state index in [9.17, 15) is 0 Å². The highest BCUT2D eigenvalue weighted by Gasteiger charge is 2.22. The Bertz CT molecular complexity index is 1040. The number of ether oxygens (including phenoxy) is 2. The van der Waals surface area contributed by atoms with Crippen LogP contribution in [0.4, 0.5) is 5.82 Å². The molecule has 1 aromatic carbocycles. The molecule has 0 spiro atoms. The van der Waals surface area contributed by atoms with Gasteiger partial charge in [-0.1, -0.05) is 6.07 Å². The van der Waals surface area contributed by atoms with Gasteiger partial charge in [-0.25, -0.2) is 9.97 Å². The van der Waals surface area contributed by atoms with Crippen LogP contribution in [0.3, 0.4) is 0 Å². The largest absolute Gasteiger partial charge is 0.493 e. The first-order valence-corrected chi connectivity index (χ1v) is 10.6. The maximum atomic E-state index is 5.60. The van der Waals surface area contributed by atoms with Crippen LogP contribution in [0.25, 0.3) is 10.9 Å². The summed E-state index contributed by atoms with van der Waals surface area (Å²) in [6.45, 7) is 4.07. The summed E-state index contributed by atoms with van der Waals surface area (Å²) < 4.78 is 10.9. The van der Waals surface area contributed by atoms with Crippen molar-refractivity contribution < 1.29 is 9.47 Å². The number of nitrogens with zero attached hydrogens (tertiary/aromatic N) is 5. The molecule has 0 saturated carbocycles. The fraction of sp³-hybridized carbons (Fsp3) is 0.364. The molecule has 0 radical (unpaired) electrons. The first-order chi connectivity index (χ1) is 15.2. The number of rotatable bonds is 6. The van der Waals surface area contributed by atoms with Crippen LogP contribution < -0.4 is 19.7 Å². The molecule has 4 rings (SSSR count). The molecule has 0 amide bonds. The van der Waals surface area contributed by atoms with E-state index in [1.807, 2.05) is 36.5 Å². The fourth-order valence-corrected chi connectivity index (χ4v) is 3.98. The van der Waals surface area contributed by atoms with Crippen molar-refractivity contribution in [3.63, 3.8) is 0 Å². The summed E-state index contributed by atoms with van der Waals surface area (Å²) in [5.41, 5.74) is 1.89. The van der Waals surface area contributed by atoms with Gasteiger partial charge >= 0.3 is 0 Å². The molecule has 0 aliphatic carbocycles. The van der Waals surface area contributed by atoms with E-state index in [4.69, 9.17) is 21.7 Å². The van der Waals surface area contributed by atoms with Crippen LogP contribution in [0.2, 0.25) is 0 Å². The second-order valence-electron chi connectivity index (χ2n) is 7.20. The highest BCUT2D eigenvalue weighted by molar-refractivity contribution is 7.80. The first kappa shape index (κ1) is 21.0. The minimum absolute atomic E-state index is 0.659. The Morgan fingerprint density at radius 1 is 1.03 bits per heavy atom. The number of piperazine rings is 1. The van der Waals surface area contributed by atoms with E-state index >= 15 is 0 Å². The van der Waals surface area contributed by atoms with Crippen LogP contribution in [-0.4, -0.2) is 71.9 Å². The van der Waals surface area contributed by atoms with Gasteiger partial charge < -0.3 is 24.6 Å². The number of fused-ring (bicyclic) bond motifs is 1. The van der Waals surface area contributed by atoms with Crippen molar-refractivity contribution in [2.24, 2.45) is 0 Å². The van der Waals surface area contributed by atoms with Crippen LogP contribution in [0.1, 0.15) is 5.69 Å². The second-order valence-corrected chi connectivity index (χ2v) is 7.59. The SMILES string of the molecule is COc1cc2ncnc(N3CCN(C(=S)NCCc4ccccn4)CC3)c2cc1OC. The number of hydrogen-bond donors (Lipinski definition) is 1. The summed E-state index contributed by atoms with van der Waals surface area (Å²) in [7, 11) is 3.26. The Morgan fingerprint density at radius 2 is 1.81 bits per heavy atom. The lowest BCUT2D eigenvalue weighted by Crippen LogP contribution is -2.52. The topological polar surface area (TPSA) is 75.6 Å². The van der Waals surface area contributed by atoms with Gasteiger partial charge in [-0.3, -0.25) is 4.98 Å². The Labute approximate surface area is 187 Å². The van der Waals surface area contributed by atoms with Crippen molar-refractivity contribution in [2.75, 3.05) is 51.8 Å². The molecule has 9 heteroatoms. The van der Waals surface area contributed by atoms with E-state index in [0.717, 1.165) is 66.7 Å². The summed E-state index contributed by atoms with van der Waals surface area (Å²) in [6, 6.07) is 9.78. The van der Waals surface area contributed by atoms with Gasteiger partial charge in [-0.2, -0.15) is 0 Å². The third-order valence-electron chi connectivity index (χ3n) is 5.37. The zero-order chi connectivity index (χ0) is 21.6. The Hall–Kier alpha value is -3.20. The summed E-state index contributed by atoms with van der Waals surface area (Å²) in [4.78, 5) is 17.8. The quantitative estimate of drug-likeness (QED) is 0.583. The van der Waals surface area contributed by atoms with Gasteiger partial charge in [0.15, 0.2) is 16.6 Å². The molecule has 162 valence electrons. The molecule has 1 aliphatic rings. The standard InChI is InChI=1S/C22H26N6O2S/c1-29-19-13-17-18(14-20(19)30-2)25-15-26-21(17)27-9-11-28(12-10-27)22(31)24-8-6-16-5-3-4-7-23-16/h3-5,7,13-15H,6,8-12H2,1-2H3,(H,24,31). The van der Waals surface area contributed by atoms with E-state index in [-0.39, 0.29) is 0 Å². The average Bonchev–Trinajstić information content (AvgIpc) is 2.83. The maximum absolute atomic E-state index is 5.60. The number of hydrogen-bond acceptors (Lipinski definition) is 7. The van der Waals surface area contributed by atoms with E-state index in [1.54, 1.807) is 20.5 Å². The maximum Gasteiger partial charge on any atom is 0.169 e. The third kappa shape index (κ3) is 4.77. The van der Waals surface area contributed by atoms with Gasteiger partial charge in [-0.15, -0.1) is 0 Å². The minimum atomic E-state index is 0.659. The Kier molecular flexibility index (Phi) is 6.61.